The van der Waals surface area contributed by atoms with Crippen molar-refractivity contribution in [1.82, 2.24) is 4.98 Å². The van der Waals surface area contributed by atoms with Gasteiger partial charge in [0, 0.05) is 17.6 Å². The molecule has 2 rings (SSSR count). The van der Waals surface area contributed by atoms with Gasteiger partial charge in [-0.1, -0.05) is 44.9 Å². The van der Waals surface area contributed by atoms with E-state index < -0.39 is 0 Å². The number of fused-ring (bicyclic) bond motifs is 1. The van der Waals surface area contributed by atoms with Gasteiger partial charge in [0.2, 0.25) is 0 Å². The summed E-state index contributed by atoms with van der Waals surface area (Å²) in [6, 6.07) is 10.4. The van der Waals surface area contributed by atoms with Crippen molar-refractivity contribution in [2.45, 2.75) is 39.2 Å². The summed E-state index contributed by atoms with van der Waals surface area (Å²) >= 11 is 0. The molecule has 2 atom stereocenters. The number of rotatable bonds is 5. The summed E-state index contributed by atoms with van der Waals surface area (Å²) in [5, 5.41) is 1.19. The van der Waals surface area contributed by atoms with Crippen molar-refractivity contribution in [2.24, 2.45) is 11.7 Å². The van der Waals surface area contributed by atoms with Gasteiger partial charge < -0.3 is 5.73 Å². The van der Waals surface area contributed by atoms with Crippen molar-refractivity contribution in [3.05, 3.63) is 42.1 Å². The monoisotopic (exact) mass is 242 g/mol. The smallest absolute Gasteiger partial charge is 0.0705 e. The van der Waals surface area contributed by atoms with E-state index in [1.165, 1.54) is 23.8 Å². The van der Waals surface area contributed by atoms with E-state index in [1.54, 1.807) is 0 Å². The van der Waals surface area contributed by atoms with Gasteiger partial charge in [-0.05, 0) is 30.0 Å². The van der Waals surface area contributed by atoms with Crippen LogP contribution in [0.2, 0.25) is 0 Å². The Kier molecular flexibility index (Phi) is 4.32. The zero-order valence-corrected chi connectivity index (χ0v) is 11.3. The molecule has 0 saturated carbocycles. The fraction of sp³-hybridized carbons (Fsp3) is 0.438. The Morgan fingerprint density at radius 3 is 2.83 bits per heavy atom. The molecular formula is C16H22N2. The molecule has 1 aromatic heterocycles. The van der Waals surface area contributed by atoms with Gasteiger partial charge in [0.1, 0.15) is 0 Å². The number of aromatic nitrogens is 1. The first-order valence-corrected chi connectivity index (χ1v) is 6.81. The molecule has 0 spiro atoms. The minimum atomic E-state index is 0.111. The summed E-state index contributed by atoms with van der Waals surface area (Å²) in [5.74, 6) is 0.678. The van der Waals surface area contributed by atoms with Crippen molar-refractivity contribution >= 4 is 10.9 Å². The summed E-state index contributed by atoms with van der Waals surface area (Å²) in [7, 11) is 0. The normalized spacial score (nSPS) is 14.6. The zero-order chi connectivity index (χ0) is 13.0. The number of pyridine rings is 1. The quantitative estimate of drug-likeness (QED) is 0.858. The molecule has 2 heteroatoms. The minimum Gasteiger partial charge on any atom is -0.324 e. The van der Waals surface area contributed by atoms with Gasteiger partial charge in [-0.25, -0.2) is 0 Å². The van der Waals surface area contributed by atoms with Crippen LogP contribution in [0.25, 0.3) is 10.9 Å². The highest BCUT2D eigenvalue weighted by Gasteiger charge is 2.13. The Balaban J connectivity index is 2.24. The van der Waals surface area contributed by atoms with Crippen LogP contribution in [-0.4, -0.2) is 4.98 Å². The third-order valence-electron chi connectivity index (χ3n) is 3.52. The lowest BCUT2D eigenvalue weighted by Gasteiger charge is -2.18. The molecule has 0 aliphatic rings. The van der Waals surface area contributed by atoms with E-state index in [-0.39, 0.29) is 6.04 Å². The van der Waals surface area contributed by atoms with Crippen molar-refractivity contribution in [1.29, 1.82) is 0 Å². The largest absolute Gasteiger partial charge is 0.324 e. The van der Waals surface area contributed by atoms with E-state index in [4.69, 9.17) is 5.73 Å². The molecule has 0 bridgehead atoms. The second-order valence-electron chi connectivity index (χ2n) is 5.15. The predicted octanol–water partition coefficient (Wildman–Crippen LogP) is 4.06. The SMILES string of the molecule is CCCC(C)CC(N)c1cccc2ncccc12. The fourth-order valence-corrected chi connectivity index (χ4v) is 2.62. The molecule has 0 aliphatic carbocycles. The Bertz CT molecular complexity index is 502. The Morgan fingerprint density at radius 2 is 2.06 bits per heavy atom. The standard InChI is InChI=1S/C16H22N2/c1-3-6-12(2)11-15(17)13-7-4-9-16-14(13)8-5-10-18-16/h4-5,7-10,12,15H,3,6,11,17H2,1-2H3. The van der Waals surface area contributed by atoms with E-state index >= 15 is 0 Å². The maximum Gasteiger partial charge on any atom is 0.0705 e. The molecule has 2 nitrogen and oxygen atoms in total. The van der Waals surface area contributed by atoms with E-state index in [2.05, 4.69) is 37.0 Å². The van der Waals surface area contributed by atoms with Crippen LogP contribution in [0.1, 0.15) is 44.7 Å². The number of benzene rings is 1. The van der Waals surface area contributed by atoms with Crippen LogP contribution in [0, 0.1) is 5.92 Å². The van der Waals surface area contributed by atoms with Crippen LogP contribution in [-0.2, 0) is 0 Å². The Labute approximate surface area is 109 Å². The zero-order valence-electron chi connectivity index (χ0n) is 11.3. The first-order chi connectivity index (χ1) is 8.72. The van der Waals surface area contributed by atoms with Gasteiger partial charge in [0.25, 0.3) is 0 Å². The highest BCUT2D eigenvalue weighted by molar-refractivity contribution is 5.82. The van der Waals surface area contributed by atoms with E-state index in [0.29, 0.717) is 5.92 Å². The van der Waals surface area contributed by atoms with Crippen LogP contribution in [0.3, 0.4) is 0 Å². The lowest BCUT2D eigenvalue weighted by molar-refractivity contribution is 0.441. The van der Waals surface area contributed by atoms with Gasteiger partial charge in [-0.15, -0.1) is 0 Å². The van der Waals surface area contributed by atoms with E-state index in [0.717, 1.165) is 11.9 Å². The van der Waals surface area contributed by atoms with Crippen molar-refractivity contribution in [3.63, 3.8) is 0 Å². The van der Waals surface area contributed by atoms with Crippen LogP contribution in [0.5, 0.6) is 0 Å². The molecule has 0 fully saturated rings. The third-order valence-corrected chi connectivity index (χ3v) is 3.52. The summed E-state index contributed by atoms with van der Waals surface area (Å²) in [6.07, 6.45) is 5.35. The van der Waals surface area contributed by atoms with Gasteiger partial charge in [0.15, 0.2) is 0 Å². The average molecular weight is 242 g/mol. The number of hydrogen-bond donors (Lipinski definition) is 1. The lowest BCUT2D eigenvalue weighted by atomic mass is 9.92. The van der Waals surface area contributed by atoms with Crippen molar-refractivity contribution in [3.8, 4) is 0 Å². The summed E-state index contributed by atoms with van der Waals surface area (Å²) < 4.78 is 0. The molecule has 1 heterocycles. The van der Waals surface area contributed by atoms with Crippen LogP contribution < -0.4 is 5.73 Å². The molecule has 0 saturated heterocycles. The molecule has 2 unspecified atom stereocenters. The molecule has 18 heavy (non-hydrogen) atoms. The number of nitrogens with zero attached hydrogens (tertiary/aromatic N) is 1. The van der Waals surface area contributed by atoms with Crippen LogP contribution >= 0.6 is 0 Å². The molecule has 96 valence electrons. The van der Waals surface area contributed by atoms with E-state index in [1.807, 2.05) is 18.3 Å². The summed E-state index contributed by atoms with van der Waals surface area (Å²) in [5.41, 5.74) is 8.63. The maximum atomic E-state index is 6.36. The Hall–Kier alpha value is -1.41. The number of nitrogens with two attached hydrogens (primary N) is 1. The topological polar surface area (TPSA) is 38.9 Å². The third kappa shape index (κ3) is 2.88. The van der Waals surface area contributed by atoms with Crippen molar-refractivity contribution in [2.75, 3.05) is 0 Å². The first kappa shape index (κ1) is 13.0. The highest BCUT2D eigenvalue weighted by atomic mass is 14.7. The lowest BCUT2D eigenvalue weighted by Crippen LogP contribution is -2.14. The van der Waals surface area contributed by atoms with Crippen molar-refractivity contribution < 1.29 is 0 Å². The molecule has 0 radical (unpaired) electrons. The Morgan fingerprint density at radius 1 is 1.22 bits per heavy atom. The first-order valence-electron chi connectivity index (χ1n) is 6.81. The molecule has 2 aromatic rings. The minimum absolute atomic E-state index is 0.111. The van der Waals surface area contributed by atoms with Gasteiger partial charge in [-0.3, -0.25) is 4.98 Å². The highest BCUT2D eigenvalue weighted by Crippen LogP contribution is 2.27. The van der Waals surface area contributed by atoms with Gasteiger partial charge >= 0.3 is 0 Å². The maximum absolute atomic E-state index is 6.36. The second-order valence-corrected chi connectivity index (χ2v) is 5.15. The summed E-state index contributed by atoms with van der Waals surface area (Å²) in [6.45, 7) is 4.51. The molecule has 0 aliphatic heterocycles. The van der Waals surface area contributed by atoms with Gasteiger partial charge in [0.05, 0.1) is 5.52 Å². The fourth-order valence-electron chi connectivity index (χ4n) is 2.62. The second kappa shape index (κ2) is 5.96. The van der Waals surface area contributed by atoms with Crippen LogP contribution in [0.4, 0.5) is 0 Å². The molecule has 0 amide bonds. The average Bonchev–Trinajstić information content (AvgIpc) is 2.38. The molecule has 2 N–H and O–H groups in total. The van der Waals surface area contributed by atoms with Gasteiger partial charge in [-0.2, -0.15) is 0 Å². The summed E-state index contributed by atoms with van der Waals surface area (Å²) in [4.78, 5) is 4.38. The van der Waals surface area contributed by atoms with Crippen LogP contribution in [0.15, 0.2) is 36.5 Å². The van der Waals surface area contributed by atoms with E-state index in [9.17, 15) is 0 Å². The molecular weight excluding hydrogens is 220 g/mol. The number of hydrogen-bond acceptors (Lipinski definition) is 2. The molecule has 1 aromatic carbocycles. The predicted molar refractivity (Wildman–Crippen MR) is 77.4 cm³/mol.